The van der Waals surface area contributed by atoms with Crippen LogP contribution in [0.25, 0.3) is 0 Å². The summed E-state index contributed by atoms with van der Waals surface area (Å²) in [5, 5.41) is 14.5. The van der Waals surface area contributed by atoms with Crippen LogP contribution in [0.2, 0.25) is 0 Å². The molecule has 0 fully saturated rings. The van der Waals surface area contributed by atoms with Gasteiger partial charge in [-0.25, -0.2) is 4.68 Å². The zero-order valence-corrected chi connectivity index (χ0v) is 9.09. The van der Waals surface area contributed by atoms with Crippen LogP contribution in [0, 0.1) is 0 Å². The van der Waals surface area contributed by atoms with Crippen LogP contribution in [0.15, 0.2) is 24.3 Å². The van der Waals surface area contributed by atoms with Crippen molar-refractivity contribution in [1.29, 1.82) is 0 Å². The highest BCUT2D eigenvalue weighted by Gasteiger charge is 2.25. The molecule has 0 saturated carbocycles. The Morgan fingerprint density at radius 2 is 2.31 bits per heavy atom. The van der Waals surface area contributed by atoms with E-state index in [1.165, 1.54) is 11.1 Å². The molecule has 1 N–H and O–H groups in total. The van der Waals surface area contributed by atoms with E-state index < -0.39 is 0 Å². The van der Waals surface area contributed by atoms with Crippen molar-refractivity contribution in [1.82, 2.24) is 20.2 Å². The number of nitrogens with zero attached hydrogens (tertiary/aromatic N) is 4. The fraction of sp³-hybridized carbons (Fsp3) is 0.364. The molecule has 0 spiro atoms. The third kappa shape index (κ3) is 1.44. The summed E-state index contributed by atoms with van der Waals surface area (Å²) in [4.78, 5) is 0. The molecule has 2 aromatic rings. The lowest BCUT2D eigenvalue weighted by Gasteiger charge is -2.30. The molecular weight excluding hydrogens is 202 g/mol. The summed E-state index contributed by atoms with van der Waals surface area (Å²) in [6.07, 6.45) is 1.15. The first-order valence-electron chi connectivity index (χ1n) is 5.38. The maximum atomic E-state index is 3.89. The Morgan fingerprint density at radius 3 is 3.06 bits per heavy atom. The quantitative estimate of drug-likeness (QED) is 0.828. The van der Waals surface area contributed by atoms with Crippen LogP contribution >= 0.6 is 0 Å². The van der Waals surface area contributed by atoms with Crippen LogP contribution in [-0.2, 0) is 13.5 Å². The number of benzene rings is 1. The molecule has 0 amide bonds. The molecule has 0 bridgehead atoms. The summed E-state index contributed by atoms with van der Waals surface area (Å²) < 4.78 is 1.64. The Morgan fingerprint density at radius 1 is 1.44 bits per heavy atom. The molecular formula is C11H13N5. The topological polar surface area (TPSA) is 55.6 Å². The van der Waals surface area contributed by atoms with Crippen molar-refractivity contribution in [3.05, 3.63) is 35.4 Å². The molecule has 0 radical (unpaired) electrons. The normalized spacial score (nSPS) is 17.7. The maximum Gasteiger partial charge on any atom is 0.242 e. The Hall–Kier alpha value is -1.91. The number of hydrogen-bond donors (Lipinski definition) is 1. The first-order chi connectivity index (χ1) is 7.84. The molecule has 1 aromatic carbocycles. The predicted octanol–water partition coefficient (Wildman–Crippen LogP) is 0.962. The van der Waals surface area contributed by atoms with Crippen molar-refractivity contribution >= 4 is 5.95 Å². The number of fused-ring (bicyclic) bond motifs is 1. The lowest BCUT2D eigenvalue weighted by atomic mass is 9.78. The van der Waals surface area contributed by atoms with Crippen molar-refractivity contribution in [3.63, 3.8) is 0 Å². The average Bonchev–Trinajstić information content (AvgIpc) is 2.66. The fourth-order valence-corrected chi connectivity index (χ4v) is 2.14. The first kappa shape index (κ1) is 9.33. The number of rotatable bonds is 3. The van der Waals surface area contributed by atoms with Crippen molar-refractivity contribution in [2.45, 2.75) is 12.3 Å². The average molecular weight is 215 g/mol. The number of nitrogens with one attached hydrogen (secondary N) is 1. The predicted molar refractivity (Wildman–Crippen MR) is 60.2 cm³/mol. The Balaban J connectivity index is 1.65. The van der Waals surface area contributed by atoms with Gasteiger partial charge < -0.3 is 5.32 Å². The largest absolute Gasteiger partial charge is 0.352 e. The van der Waals surface area contributed by atoms with Gasteiger partial charge in [-0.3, -0.25) is 0 Å². The second kappa shape index (κ2) is 3.59. The van der Waals surface area contributed by atoms with Gasteiger partial charge in [-0.1, -0.05) is 29.4 Å². The van der Waals surface area contributed by atoms with Gasteiger partial charge in [0.25, 0.3) is 0 Å². The van der Waals surface area contributed by atoms with Crippen LogP contribution in [-0.4, -0.2) is 26.8 Å². The molecule has 1 aliphatic rings. The monoisotopic (exact) mass is 215 g/mol. The molecule has 5 heteroatoms. The van der Waals surface area contributed by atoms with E-state index in [0.29, 0.717) is 5.92 Å². The van der Waals surface area contributed by atoms with Crippen molar-refractivity contribution in [2.24, 2.45) is 7.05 Å². The SMILES string of the molecule is Cn1nnnc1NCC1Cc2ccccc21. The molecule has 5 nitrogen and oxygen atoms in total. The van der Waals surface area contributed by atoms with Crippen LogP contribution in [0.4, 0.5) is 5.95 Å². The lowest BCUT2D eigenvalue weighted by molar-refractivity contribution is 0.628. The zero-order chi connectivity index (χ0) is 11.0. The molecule has 1 heterocycles. The summed E-state index contributed by atoms with van der Waals surface area (Å²) in [6.45, 7) is 0.894. The smallest absolute Gasteiger partial charge is 0.242 e. The van der Waals surface area contributed by atoms with E-state index in [1.807, 2.05) is 7.05 Å². The first-order valence-corrected chi connectivity index (χ1v) is 5.38. The number of tetrazole rings is 1. The van der Waals surface area contributed by atoms with E-state index >= 15 is 0 Å². The van der Waals surface area contributed by atoms with Gasteiger partial charge in [0, 0.05) is 19.5 Å². The van der Waals surface area contributed by atoms with E-state index in [2.05, 4.69) is 45.1 Å². The van der Waals surface area contributed by atoms with Gasteiger partial charge >= 0.3 is 0 Å². The number of hydrogen-bond acceptors (Lipinski definition) is 4. The zero-order valence-electron chi connectivity index (χ0n) is 9.09. The summed E-state index contributed by atoms with van der Waals surface area (Å²) in [5.74, 6) is 1.32. The maximum absolute atomic E-state index is 3.89. The van der Waals surface area contributed by atoms with Crippen molar-refractivity contribution < 1.29 is 0 Å². The molecule has 3 rings (SSSR count). The van der Waals surface area contributed by atoms with Gasteiger partial charge in [0.2, 0.25) is 5.95 Å². The summed E-state index contributed by atoms with van der Waals surface area (Å²) in [6, 6.07) is 8.57. The van der Waals surface area contributed by atoms with E-state index in [-0.39, 0.29) is 0 Å². The van der Waals surface area contributed by atoms with Gasteiger partial charge in [-0.2, -0.15) is 0 Å². The fourth-order valence-electron chi connectivity index (χ4n) is 2.14. The second-order valence-corrected chi connectivity index (χ2v) is 4.11. The summed E-state index contributed by atoms with van der Waals surface area (Å²) >= 11 is 0. The minimum Gasteiger partial charge on any atom is -0.352 e. The molecule has 0 aliphatic heterocycles. The molecule has 16 heavy (non-hydrogen) atoms. The van der Waals surface area contributed by atoms with Gasteiger partial charge in [-0.15, -0.1) is 0 Å². The highest BCUT2D eigenvalue weighted by Crippen LogP contribution is 2.34. The Labute approximate surface area is 93.5 Å². The lowest BCUT2D eigenvalue weighted by Crippen LogP contribution is -2.25. The van der Waals surface area contributed by atoms with E-state index in [4.69, 9.17) is 0 Å². The van der Waals surface area contributed by atoms with Gasteiger partial charge in [0.15, 0.2) is 0 Å². The van der Waals surface area contributed by atoms with Gasteiger partial charge in [-0.05, 0) is 28.0 Å². The minimum absolute atomic E-state index is 0.591. The summed E-state index contributed by atoms with van der Waals surface area (Å²) in [5.41, 5.74) is 2.91. The van der Waals surface area contributed by atoms with E-state index in [0.717, 1.165) is 18.9 Å². The Bertz CT molecular complexity index is 505. The number of anilines is 1. The molecule has 1 unspecified atom stereocenters. The third-order valence-corrected chi connectivity index (χ3v) is 3.09. The molecule has 82 valence electrons. The summed E-state index contributed by atoms with van der Waals surface area (Å²) in [7, 11) is 1.83. The Kier molecular flexibility index (Phi) is 2.09. The highest BCUT2D eigenvalue weighted by atomic mass is 15.6. The van der Waals surface area contributed by atoms with Crippen molar-refractivity contribution in [2.75, 3.05) is 11.9 Å². The second-order valence-electron chi connectivity index (χ2n) is 4.11. The number of aryl methyl sites for hydroxylation is 1. The van der Waals surface area contributed by atoms with E-state index in [1.54, 1.807) is 4.68 Å². The van der Waals surface area contributed by atoms with Gasteiger partial charge in [0.1, 0.15) is 0 Å². The number of aromatic nitrogens is 4. The third-order valence-electron chi connectivity index (χ3n) is 3.09. The van der Waals surface area contributed by atoms with Crippen molar-refractivity contribution in [3.8, 4) is 0 Å². The van der Waals surface area contributed by atoms with Crippen LogP contribution in [0.3, 0.4) is 0 Å². The standard InChI is InChI=1S/C11H13N5/c1-16-11(13-14-15-16)12-7-9-6-8-4-2-3-5-10(8)9/h2-5,9H,6-7H2,1H3,(H,12,13,15). The molecule has 0 saturated heterocycles. The van der Waals surface area contributed by atoms with Crippen LogP contribution in [0.1, 0.15) is 17.0 Å². The van der Waals surface area contributed by atoms with Crippen LogP contribution in [0.5, 0.6) is 0 Å². The van der Waals surface area contributed by atoms with Gasteiger partial charge in [0.05, 0.1) is 0 Å². The van der Waals surface area contributed by atoms with Crippen LogP contribution < -0.4 is 5.32 Å². The van der Waals surface area contributed by atoms with E-state index in [9.17, 15) is 0 Å². The minimum atomic E-state index is 0.591. The molecule has 1 atom stereocenters. The highest BCUT2D eigenvalue weighted by molar-refractivity contribution is 5.41. The molecule has 1 aromatic heterocycles. The molecule has 1 aliphatic carbocycles.